The molecule has 0 saturated heterocycles. The summed E-state index contributed by atoms with van der Waals surface area (Å²) < 4.78 is 5.23. The van der Waals surface area contributed by atoms with E-state index in [1.54, 1.807) is 36.6 Å². The second kappa shape index (κ2) is 9.77. The van der Waals surface area contributed by atoms with Gasteiger partial charge in [-0.1, -0.05) is 29.5 Å². The number of rotatable bonds is 7. The summed E-state index contributed by atoms with van der Waals surface area (Å²) in [6.07, 6.45) is 0. The molecule has 4 rings (SSSR count). The Kier molecular flexibility index (Phi) is 6.61. The molecule has 2 heterocycles. The summed E-state index contributed by atoms with van der Waals surface area (Å²) in [5, 5.41) is 18.9. The third kappa shape index (κ3) is 4.92. The number of aromatic nitrogens is 2. The molecular weight excluding hydrogens is 478 g/mol. The number of nitrogens with zero attached hydrogens (tertiary/aromatic N) is 3. The number of benzene rings is 2. The van der Waals surface area contributed by atoms with Gasteiger partial charge in [-0.15, -0.1) is 11.3 Å². The Morgan fingerprint density at radius 3 is 2.56 bits per heavy atom. The van der Waals surface area contributed by atoms with Crippen LogP contribution in [0.25, 0.3) is 10.6 Å². The third-order valence-electron chi connectivity index (χ3n) is 4.65. The highest BCUT2D eigenvalue weighted by atomic mass is 32.1. The van der Waals surface area contributed by atoms with Crippen molar-refractivity contribution in [1.82, 2.24) is 9.97 Å². The molecule has 0 fully saturated rings. The van der Waals surface area contributed by atoms with Crippen molar-refractivity contribution in [2.45, 2.75) is 6.92 Å². The molecule has 10 nitrogen and oxygen atoms in total. The van der Waals surface area contributed by atoms with Crippen LogP contribution in [0.4, 0.5) is 16.0 Å². The van der Waals surface area contributed by atoms with Crippen LogP contribution >= 0.6 is 22.7 Å². The number of nitro benzene ring substituents is 1. The Hall–Kier alpha value is -4.16. The van der Waals surface area contributed by atoms with Gasteiger partial charge in [-0.3, -0.25) is 30.3 Å². The highest BCUT2D eigenvalue weighted by molar-refractivity contribution is 7.20. The number of carbonyl (C=O) groups is 2. The molecule has 0 aliphatic heterocycles. The van der Waals surface area contributed by atoms with Crippen molar-refractivity contribution in [3.63, 3.8) is 0 Å². The number of aryl methyl sites for hydroxylation is 1. The van der Waals surface area contributed by atoms with Crippen molar-refractivity contribution in [2.24, 2.45) is 0 Å². The van der Waals surface area contributed by atoms with E-state index >= 15 is 0 Å². The number of nitro groups is 1. The van der Waals surface area contributed by atoms with Gasteiger partial charge in [0, 0.05) is 23.1 Å². The Morgan fingerprint density at radius 1 is 1.03 bits per heavy atom. The predicted octanol–water partition coefficient (Wildman–Crippen LogP) is 5.00. The zero-order valence-electron chi connectivity index (χ0n) is 17.9. The molecule has 0 atom stereocenters. The lowest BCUT2D eigenvalue weighted by atomic mass is 10.2. The van der Waals surface area contributed by atoms with Gasteiger partial charge < -0.3 is 4.74 Å². The summed E-state index contributed by atoms with van der Waals surface area (Å²) in [5.41, 5.74) is 1.63. The molecule has 0 bridgehead atoms. The summed E-state index contributed by atoms with van der Waals surface area (Å²) in [5.74, 6) is -0.395. The zero-order valence-corrected chi connectivity index (χ0v) is 19.5. The Morgan fingerprint density at radius 2 is 1.79 bits per heavy atom. The summed E-state index contributed by atoms with van der Waals surface area (Å²) >= 11 is 2.47. The normalized spacial score (nSPS) is 10.5. The summed E-state index contributed by atoms with van der Waals surface area (Å²) in [6.45, 7) is 1.80. The second-order valence-corrected chi connectivity index (χ2v) is 8.74. The van der Waals surface area contributed by atoms with E-state index in [1.807, 2.05) is 0 Å². The van der Waals surface area contributed by atoms with Crippen molar-refractivity contribution < 1.29 is 19.2 Å². The van der Waals surface area contributed by atoms with Gasteiger partial charge in [-0.05, 0) is 25.1 Å². The lowest BCUT2D eigenvalue weighted by Crippen LogP contribution is -2.12. The quantitative estimate of drug-likeness (QED) is 0.272. The minimum atomic E-state index is -0.560. The molecule has 2 aromatic carbocycles. The number of para-hydroxylation sites is 1. The van der Waals surface area contributed by atoms with Crippen molar-refractivity contribution in [2.75, 3.05) is 17.7 Å². The summed E-state index contributed by atoms with van der Waals surface area (Å²) in [6, 6.07) is 12.3. The van der Waals surface area contributed by atoms with Gasteiger partial charge in [0.25, 0.3) is 17.5 Å². The number of hydrogen-bond donors (Lipinski definition) is 2. The molecule has 12 heteroatoms. The highest BCUT2D eigenvalue weighted by Gasteiger charge is 2.18. The maximum atomic E-state index is 12.6. The number of anilines is 2. The summed E-state index contributed by atoms with van der Waals surface area (Å²) in [4.78, 5) is 45.1. The molecule has 2 aromatic heterocycles. The van der Waals surface area contributed by atoms with Gasteiger partial charge in [0.2, 0.25) is 0 Å². The number of nitrogens with one attached hydrogen (secondary N) is 2. The van der Waals surface area contributed by atoms with Gasteiger partial charge in [0.1, 0.15) is 5.75 Å². The van der Waals surface area contributed by atoms with E-state index in [1.165, 1.54) is 54.0 Å². The first-order chi connectivity index (χ1) is 16.4. The average Bonchev–Trinajstić information content (AvgIpc) is 3.44. The van der Waals surface area contributed by atoms with Crippen LogP contribution in [-0.2, 0) is 0 Å². The van der Waals surface area contributed by atoms with Crippen LogP contribution in [0, 0.1) is 17.0 Å². The van der Waals surface area contributed by atoms with Gasteiger partial charge in [0.15, 0.2) is 10.3 Å². The number of methoxy groups -OCH3 is 1. The molecule has 0 radical (unpaired) electrons. The number of thiazole rings is 2. The maximum Gasteiger partial charge on any atom is 0.270 e. The lowest BCUT2D eigenvalue weighted by molar-refractivity contribution is -0.384. The molecule has 0 unspecified atom stereocenters. The molecule has 2 amide bonds. The fourth-order valence-corrected chi connectivity index (χ4v) is 4.74. The van der Waals surface area contributed by atoms with E-state index in [4.69, 9.17) is 4.74 Å². The molecule has 0 saturated carbocycles. The number of ether oxygens (including phenoxy) is 1. The van der Waals surface area contributed by atoms with Crippen LogP contribution in [0.3, 0.4) is 0 Å². The number of carbonyl (C=O) groups excluding carboxylic acids is 2. The lowest BCUT2D eigenvalue weighted by Gasteiger charge is -2.06. The minimum absolute atomic E-state index is 0.154. The topological polar surface area (TPSA) is 136 Å². The molecule has 172 valence electrons. The van der Waals surface area contributed by atoms with E-state index in [-0.39, 0.29) is 17.2 Å². The number of non-ortho nitro benzene ring substituents is 1. The van der Waals surface area contributed by atoms with Crippen LogP contribution in [0.15, 0.2) is 53.9 Å². The van der Waals surface area contributed by atoms with Crippen molar-refractivity contribution >= 4 is 50.4 Å². The minimum Gasteiger partial charge on any atom is -0.496 e. The molecule has 4 aromatic rings. The van der Waals surface area contributed by atoms with Crippen LogP contribution in [0.2, 0.25) is 0 Å². The smallest absolute Gasteiger partial charge is 0.270 e. The Labute approximate surface area is 201 Å². The number of amides is 2. The van der Waals surface area contributed by atoms with Crippen LogP contribution in [0.5, 0.6) is 5.75 Å². The first-order valence-corrected chi connectivity index (χ1v) is 11.5. The van der Waals surface area contributed by atoms with Gasteiger partial charge in [-0.25, -0.2) is 9.97 Å². The molecular formula is C22H17N5O5S2. The SMILES string of the molecule is COc1ccccc1C(=O)Nc1nc(C)c(-c2csc(NC(=O)c3cccc([N+](=O)[O-])c3)n2)s1. The monoisotopic (exact) mass is 495 g/mol. The van der Waals surface area contributed by atoms with Gasteiger partial charge >= 0.3 is 0 Å². The van der Waals surface area contributed by atoms with Gasteiger partial charge in [0.05, 0.1) is 33.9 Å². The van der Waals surface area contributed by atoms with Crippen molar-refractivity contribution in [3.8, 4) is 16.3 Å². The second-order valence-electron chi connectivity index (χ2n) is 6.89. The largest absolute Gasteiger partial charge is 0.496 e. The van der Waals surface area contributed by atoms with Crippen molar-refractivity contribution in [3.05, 3.63) is 80.8 Å². The maximum absolute atomic E-state index is 12.6. The fourth-order valence-electron chi connectivity index (χ4n) is 3.05. The molecule has 0 spiro atoms. The summed E-state index contributed by atoms with van der Waals surface area (Å²) in [7, 11) is 1.50. The van der Waals surface area contributed by atoms with Crippen LogP contribution < -0.4 is 15.4 Å². The first kappa shape index (κ1) is 23.0. The first-order valence-electron chi connectivity index (χ1n) is 9.79. The van der Waals surface area contributed by atoms with E-state index in [0.29, 0.717) is 33.0 Å². The van der Waals surface area contributed by atoms with E-state index < -0.39 is 10.8 Å². The van der Waals surface area contributed by atoms with E-state index in [0.717, 1.165) is 4.88 Å². The van der Waals surface area contributed by atoms with Gasteiger partial charge in [-0.2, -0.15) is 0 Å². The van der Waals surface area contributed by atoms with E-state index in [2.05, 4.69) is 20.6 Å². The van der Waals surface area contributed by atoms with Crippen LogP contribution in [0.1, 0.15) is 26.4 Å². The highest BCUT2D eigenvalue weighted by Crippen LogP contribution is 2.35. The Bertz CT molecular complexity index is 1400. The number of hydrogen-bond acceptors (Lipinski definition) is 9. The fraction of sp³-hybridized carbons (Fsp3) is 0.0909. The molecule has 34 heavy (non-hydrogen) atoms. The predicted molar refractivity (Wildman–Crippen MR) is 130 cm³/mol. The Balaban J connectivity index is 1.49. The average molecular weight is 496 g/mol. The van der Waals surface area contributed by atoms with E-state index in [9.17, 15) is 19.7 Å². The molecule has 2 N–H and O–H groups in total. The third-order valence-corrected chi connectivity index (χ3v) is 6.50. The van der Waals surface area contributed by atoms with Crippen LogP contribution in [-0.4, -0.2) is 33.8 Å². The standard InChI is InChI=1S/C22H17N5O5S2/c1-12-18(34-22(23-12)26-20(29)15-8-3-4-9-17(15)32-2)16-11-33-21(24-16)25-19(28)13-6-5-7-14(10-13)27(30)31/h3-11H,1-2H3,(H,23,26,29)(H,24,25,28). The zero-order chi connectivity index (χ0) is 24.2. The molecule has 0 aliphatic rings. The molecule has 0 aliphatic carbocycles. The van der Waals surface area contributed by atoms with Crippen molar-refractivity contribution in [1.29, 1.82) is 0 Å².